The number of carbonyl (C=O) groups is 5. The van der Waals surface area contributed by atoms with Crippen LogP contribution in [-0.2, 0) is 36.8 Å². The lowest BCUT2D eigenvalue weighted by molar-refractivity contribution is 0.0346. The Bertz CT molecular complexity index is 3870. The Morgan fingerprint density at radius 3 is 0.742 bits per heavy atom. The number of ether oxygens (including phenoxy) is 1. The van der Waals surface area contributed by atoms with Crippen LogP contribution in [-0.4, -0.2) is 122 Å². The molecule has 5 atom stereocenters. The van der Waals surface area contributed by atoms with Crippen molar-refractivity contribution in [2.75, 3.05) is 33.2 Å². The van der Waals surface area contributed by atoms with E-state index in [1.54, 1.807) is 31.0 Å². The van der Waals surface area contributed by atoms with Gasteiger partial charge in [0.2, 0.25) is 29.7 Å². The number of amides is 5. The zero-order valence-corrected chi connectivity index (χ0v) is 77.7. The average molecular weight is 1660 g/mol. The highest BCUT2D eigenvalue weighted by Crippen LogP contribution is 2.35. The highest BCUT2D eigenvalue weighted by molar-refractivity contribution is 5.95. The summed E-state index contributed by atoms with van der Waals surface area (Å²) < 4.78 is 5.70. The Balaban J connectivity index is 0.000000233. The van der Waals surface area contributed by atoms with Crippen LogP contribution in [0.3, 0.4) is 0 Å². The Kier molecular flexibility index (Phi) is 40.6. The molecular weight excluding hydrogens is 1510 g/mol. The first-order chi connectivity index (χ1) is 56.5. The van der Waals surface area contributed by atoms with Crippen molar-refractivity contribution in [2.24, 2.45) is 111 Å². The molecule has 0 unspecified atom stereocenters. The minimum Gasteiger partial charge on any atom is -0.379 e. The van der Waals surface area contributed by atoms with Crippen LogP contribution >= 0.6 is 0 Å². The van der Waals surface area contributed by atoms with Gasteiger partial charge >= 0.3 is 0 Å². The molecular formula is C94H158N20O6. The second-order valence-corrected chi connectivity index (χ2v) is 39.5. The number of nitrogens with one attached hydrogen (secondary N) is 5. The lowest BCUT2D eigenvalue weighted by atomic mass is 9.79. The number of hydrogen-bond donors (Lipinski definition) is 10. The standard InChI is InChI=1S/C19H32N4O2.3C19H32N4O.C18H30N4O/c1-5-25-15-8-6-14(7-9-15)22-19-21-11-16(18(20)24)17(23-19)10-13(4)12(2)3;2*1-12-6-8-14(9-7-12)22-18-21-11-15(17(20)24)16(23-18)10-13(2)19(3,4)5;1-5-14-6-8-15(9-7-14)22-19-21-11-16(18(20)24)17(23-19)10-13(4)12(2)3;1-11(2)13(4)9-16-15(17(19)23)10-20-18(22-16)21-14-7-5-12(3)6-8-14/h11-15H,5-10H2,1-4H3,(H2,20,24)(H,21,22,23);2*11-14H,6-10H2,1-5H3,(H2,20,24)(H,21,22,23);11-15H,5-10H2,1-4H3,(H2,20,24)(H,21,22,23);10-14H,5-9H2,1-4H3,(H2,19,23)(H,20,21,22)/t13-,14?,15?;2*12?,13-,14?;13-,14?,15?;12?,13-,14?/m11011/s1. The molecule has 5 aliphatic carbocycles. The van der Waals surface area contributed by atoms with Gasteiger partial charge in [-0.25, -0.2) is 49.8 Å². The van der Waals surface area contributed by atoms with Crippen LogP contribution < -0.4 is 55.3 Å². The molecule has 0 aliphatic heterocycles. The summed E-state index contributed by atoms with van der Waals surface area (Å²) in [5.41, 5.74) is 33.8. The predicted octanol–water partition coefficient (Wildman–Crippen LogP) is 17.9. The van der Waals surface area contributed by atoms with E-state index in [2.05, 4.69) is 222 Å². The molecule has 0 radical (unpaired) electrons. The lowest BCUT2D eigenvalue weighted by Crippen LogP contribution is -2.30. The van der Waals surface area contributed by atoms with E-state index >= 15 is 0 Å². The molecule has 10 rings (SSSR count). The van der Waals surface area contributed by atoms with E-state index < -0.39 is 29.5 Å². The number of nitrogens with zero attached hydrogens (tertiary/aromatic N) is 10. The van der Waals surface area contributed by atoms with E-state index in [0.29, 0.717) is 141 Å². The number of carbonyl (C=O) groups excluding carboxylic acids is 5. The van der Waals surface area contributed by atoms with Gasteiger partial charge in [0.15, 0.2) is 0 Å². The third-order valence-electron chi connectivity index (χ3n) is 26.8. The zero-order chi connectivity index (χ0) is 88.9. The first-order valence-electron chi connectivity index (χ1n) is 45.7. The van der Waals surface area contributed by atoms with Crippen LogP contribution in [0.4, 0.5) is 29.7 Å². The van der Waals surface area contributed by atoms with Crippen molar-refractivity contribution in [1.29, 1.82) is 0 Å². The van der Waals surface area contributed by atoms with E-state index in [9.17, 15) is 24.0 Å². The van der Waals surface area contributed by atoms with Crippen LogP contribution in [0.2, 0.25) is 0 Å². The highest BCUT2D eigenvalue weighted by atomic mass is 16.5. The SMILES string of the molecule is CC1CCC(Nc2ncc(C(N)=O)c(C[C@@H](C)C(C)(C)C)n2)CC1.CC1CCC(Nc2ncc(C(N)=O)c(C[C@@H](C)C(C)C)n2)CC1.CC1CCC(Nc2ncc(C(N)=O)c(C[C@H](C)C(C)(C)C)n2)CC1.CCC1CCC(Nc2ncc(C(N)=O)c(C[C@@H](C)C(C)C)n2)CC1.CCOC1CCC(Nc2ncc(C(N)=O)c(C[C@@H](C)C(C)C)n2)CC1. The molecule has 5 saturated carbocycles. The van der Waals surface area contributed by atoms with Crippen molar-refractivity contribution in [3.8, 4) is 0 Å². The molecule has 120 heavy (non-hydrogen) atoms. The van der Waals surface area contributed by atoms with Crippen LogP contribution in [0.25, 0.3) is 0 Å². The van der Waals surface area contributed by atoms with E-state index in [-0.39, 0.29) is 10.8 Å². The number of aromatic nitrogens is 10. The zero-order valence-electron chi connectivity index (χ0n) is 77.7. The summed E-state index contributed by atoms with van der Waals surface area (Å²) in [6.45, 7) is 49.1. The van der Waals surface area contributed by atoms with Crippen molar-refractivity contribution >= 4 is 59.3 Å². The Labute approximate surface area is 720 Å². The highest BCUT2D eigenvalue weighted by Gasteiger charge is 2.31. The average Bonchev–Trinajstić information content (AvgIpc) is 0.836. The van der Waals surface area contributed by atoms with Gasteiger partial charge in [0, 0.05) is 67.8 Å². The number of rotatable bonds is 31. The van der Waals surface area contributed by atoms with Gasteiger partial charge in [0.1, 0.15) is 0 Å². The topological polar surface area (TPSA) is 414 Å². The molecule has 670 valence electrons. The fraction of sp³-hybridized carbons (Fsp3) is 0.734. The van der Waals surface area contributed by atoms with Gasteiger partial charge < -0.3 is 60.0 Å². The second kappa shape index (κ2) is 48.5. The van der Waals surface area contributed by atoms with Gasteiger partial charge in [-0.05, 0) is 249 Å². The van der Waals surface area contributed by atoms with Crippen molar-refractivity contribution in [3.05, 3.63) is 87.3 Å². The summed E-state index contributed by atoms with van der Waals surface area (Å²) in [6, 6.07) is 2.07. The van der Waals surface area contributed by atoms with Gasteiger partial charge in [0.25, 0.3) is 29.5 Å². The number of nitrogens with two attached hydrogens (primary N) is 5. The third kappa shape index (κ3) is 33.9. The maximum atomic E-state index is 11.7. The summed E-state index contributed by atoms with van der Waals surface area (Å²) >= 11 is 0. The Morgan fingerprint density at radius 2 is 0.550 bits per heavy atom. The molecule has 5 fully saturated rings. The van der Waals surface area contributed by atoms with Gasteiger partial charge in [-0.2, -0.15) is 0 Å². The summed E-state index contributed by atoms with van der Waals surface area (Å²) in [7, 11) is 0. The quantitative estimate of drug-likeness (QED) is 0.0197. The molecule has 5 heterocycles. The monoisotopic (exact) mass is 1660 g/mol. The normalized spacial score (nSPS) is 22.6. The first kappa shape index (κ1) is 101. The van der Waals surface area contributed by atoms with Crippen LogP contribution in [0, 0.1) is 81.8 Å². The van der Waals surface area contributed by atoms with E-state index in [1.165, 1.54) is 57.8 Å². The van der Waals surface area contributed by atoms with Gasteiger partial charge in [-0.1, -0.05) is 152 Å². The molecule has 0 saturated heterocycles. The fourth-order valence-electron chi connectivity index (χ4n) is 15.5. The molecule has 26 nitrogen and oxygen atoms in total. The summed E-state index contributed by atoms with van der Waals surface area (Å²) in [4.78, 5) is 103. The molecule has 0 bridgehead atoms. The fourth-order valence-corrected chi connectivity index (χ4v) is 15.5. The van der Waals surface area contributed by atoms with Crippen LogP contribution in [0.5, 0.6) is 0 Å². The maximum Gasteiger partial charge on any atom is 0.252 e. The van der Waals surface area contributed by atoms with Crippen LogP contribution in [0.15, 0.2) is 31.0 Å². The number of hydrogen-bond acceptors (Lipinski definition) is 21. The smallest absolute Gasteiger partial charge is 0.252 e. The van der Waals surface area contributed by atoms with Crippen molar-refractivity contribution in [1.82, 2.24) is 49.8 Å². The Morgan fingerprint density at radius 1 is 0.342 bits per heavy atom. The largest absolute Gasteiger partial charge is 0.379 e. The molecule has 0 spiro atoms. The summed E-state index contributed by atoms with van der Waals surface area (Å²) in [5.74, 6) is 7.75. The minimum atomic E-state index is -0.463. The van der Waals surface area contributed by atoms with Crippen molar-refractivity contribution < 1.29 is 28.7 Å². The lowest BCUT2D eigenvalue weighted by Gasteiger charge is -2.29. The Hall–Kier alpha value is -8.29. The third-order valence-corrected chi connectivity index (χ3v) is 26.8. The first-order valence-corrected chi connectivity index (χ1v) is 45.7. The molecule has 26 heteroatoms. The van der Waals surface area contributed by atoms with Crippen molar-refractivity contribution in [3.63, 3.8) is 0 Å². The second-order valence-electron chi connectivity index (χ2n) is 39.5. The van der Waals surface area contributed by atoms with E-state index in [1.807, 2.05) is 6.92 Å². The maximum absolute atomic E-state index is 11.7. The molecule has 5 aromatic heterocycles. The minimum absolute atomic E-state index is 0.146. The summed E-state index contributed by atoms with van der Waals surface area (Å²) in [5, 5.41) is 17.2. The molecule has 5 aromatic rings. The number of anilines is 5. The predicted molar refractivity (Wildman–Crippen MR) is 487 cm³/mol. The van der Waals surface area contributed by atoms with Crippen molar-refractivity contribution in [2.45, 2.75) is 356 Å². The molecule has 0 aromatic carbocycles. The van der Waals surface area contributed by atoms with E-state index in [4.69, 9.17) is 33.4 Å². The van der Waals surface area contributed by atoms with E-state index in [0.717, 1.165) is 168 Å². The van der Waals surface area contributed by atoms with Gasteiger partial charge in [0.05, 0.1) is 62.4 Å². The summed E-state index contributed by atoms with van der Waals surface area (Å²) in [6.07, 6.45) is 36.6. The number of primary amides is 5. The molecule has 5 amide bonds. The molecule has 5 aliphatic rings. The van der Waals surface area contributed by atoms with Gasteiger partial charge in [-0.3, -0.25) is 24.0 Å². The molecule has 15 N–H and O–H groups in total. The van der Waals surface area contributed by atoms with Gasteiger partial charge in [-0.15, -0.1) is 0 Å². The van der Waals surface area contributed by atoms with Crippen LogP contribution in [0.1, 0.15) is 367 Å².